The van der Waals surface area contributed by atoms with Gasteiger partial charge < -0.3 is 19.9 Å². The Hall–Kier alpha value is -3.23. The zero-order valence-corrected chi connectivity index (χ0v) is 22.1. The molecule has 3 atom stereocenters. The van der Waals surface area contributed by atoms with E-state index in [1.807, 2.05) is 48.2 Å². The predicted molar refractivity (Wildman–Crippen MR) is 145 cm³/mol. The van der Waals surface area contributed by atoms with Gasteiger partial charge in [0.1, 0.15) is 5.69 Å². The molecule has 0 spiro atoms. The summed E-state index contributed by atoms with van der Waals surface area (Å²) < 4.78 is 5.48. The first-order valence-corrected chi connectivity index (χ1v) is 13.9. The van der Waals surface area contributed by atoms with Crippen molar-refractivity contribution >= 4 is 28.8 Å². The number of likely N-dealkylation sites (tertiary alicyclic amines) is 1. The van der Waals surface area contributed by atoms with Crippen molar-refractivity contribution in [2.45, 2.75) is 38.8 Å². The number of nitrogens with zero attached hydrogens (tertiary/aromatic N) is 3. The van der Waals surface area contributed by atoms with Crippen molar-refractivity contribution < 1.29 is 14.3 Å². The zero-order chi connectivity index (χ0) is 25.5. The number of para-hydroxylation sites is 1. The van der Waals surface area contributed by atoms with Crippen LogP contribution in [0.3, 0.4) is 0 Å². The summed E-state index contributed by atoms with van der Waals surface area (Å²) in [5.41, 5.74) is 4.33. The number of hydrogen-bond donors (Lipinski definition) is 1. The van der Waals surface area contributed by atoms with Crippen molar-refractivity contribution in [3.05, 3.63) is 70.4 Å². The third-order valence-electron chi connectivity index (χ3n) is 7.66. The normalized spacial score (nSPS) is 22.6. The molecule has 3 aliphatic rings. The van der Waals surface area contributed by atoms with Gasteiger partial charge in [-0.25, -0.2) is 4.98 Å². The molecule has 1 aliphatic carbocycles. The van der Waals surface area contributed by atoms with E-state index in [2.05, 4.69) is 34.3 Å². The first kappa shape index (κ1) is 24.1. The van der Waals surface area contributed by atoms with Crippen molar-refractivity contribution in [3.8, 4) is 10.4 Å². The van der Waals surface area contributed by atoms with Crippen molar-refractivity contribution in [3.63, 3.8) is 0 Å². The number of nitrogens with one attached hydrogen (secondary N) is 1. The van der Waals surface area contributed by atoms with E-state index >= 15 is 0 Å². The average molecular weight is 517 g/mol. The summed E-state index contributed by atoms with van der Waals surface area (Å²) in [4.78, 5) is 37.0. The summed E-state index contributed by atoms with van der Waals surface area (Å²) in [5.74, 6) is 0.410. The number of aromatic nitrogens is 1. The number of anilines is 1. The number of benzene rings is 2. The van der Waals surface area contributed by atoms with E-state index in [4.69, 9.17) is 4.74 Å². The number of hydrogen-bond acceptors (Lipinski definition) is 6. The molecule has 7 nitrogen and oxygen atoms in total. The number of morpholine rings is 1. The van der Waals surface area contributed by atoms with E-state index in [1.165, 1.54) is 0 Å². The molecule has 2 aliphatic heterocycles. The maximum Gasteiger partial charge on any atom is 0.274 e. The fraction of sp³-hybridized carbons (Fsp3) is 0.414. The van der Waals surface area contributed by atoms with E-state index in [1.54, 1.807) is 11.3 Å². The number of ether oxygens (including phenoxy) is 1. The number of carbonyl (C=O) groups excluding carboxylic acids is 2. The van der Waals surface area contributed by atoms with Gasteiger partial charge in [0, 0.05) is 31.4 Å². The van der Waals surface area contributed by atoms with Gasteiger partial charge in [0.15, 0.2) is 0 Å². The Balaban J connectivity index is 1.19. The Morgan fingerprint density at radius 1 is 1.08 bits per heavy atom. The fourth-order valence-corrected chi connectivity index (χ4v) is 6.69. The molecule has 1 N–H and O–H groups in total. The smallest absolute Gasteiger partial charge is 0.274 e. The third kappa shape index (κ3) is 4.76. The standard InChI is InChI=1S/C29H32N4O3S/c1-18-6-5-7-20(14-18)27-26(31-19(2)37-27)29(35)33-22(15-21-16-25(21)33)17-30-28(34)23-8-3-4-9-24(23)32-10-12-36-13-11-32/h3-9,14,21-22,25H,10-13,15-17H2,1-2H3,(H,30,34)/t21-,22+,25+/m1/s1. The Morgan fingerprint density at radius 2 is 1.89 bits per heavy atom. The zero-order valence-electron chi connectivity index (χ0n) is 21.3. The number of carbonyl (C=O) groups is 2. The van der Waals surface area contributed by atoms with Gasteiger partial charge in [-0.1, -0.05) is 42.0 Å². The lowest BCUT2D eigenvalue weighted by molar-refractivity contribution is 0.0684. The minimum absolute atomic E-state index is 0.0150. The topological polar surface area (TPSA) is 74.8 Å². The molecule has 0 radical (unpaired) electrons. The summed E-state index contributed by atoms with van der Waals surface area (Å²) in [5, 5.41) is 4.03. The van der Waals surface area contributed by atoms with E-state index in [0.29, 0.717) is 36.9 Å². The first-order valence-electron chi connectivity index (χ1n) is 13.1. The molecular formula is C29H32N4O3S. The Morgan fingerprint density at radius 3 is 2.70 bits per heavy atom. The molecule has 6 rings (SSSR count). The highest BCUT2D eigenvalue weighted by Gasteiger charge is 2.54. The highest BCUT2D eigenvalue weighted by atomic mass is 32.1. The summed E-state index contributed by atoms with van der Waals surface area (Å²) >= 11 is 1.57. The van der Waals surface area contributed by atoms with Gasteiger partial charge in [0.2, 0.25) is 0 Å². The third-order valence-corrected chi connectivity index (χ3v) is 8.68. The van der Waals surface area contributed by atoms with Crippen LogP contribution in [0.5, 0.6) is 0 Å². The molecule has 0 bridgehead atoms. The second-order valence-electron chi connectivity index (χ2n) is 10.3. The minimum Gasteiger partial charge on any atom is -0.378 e. The van der Waals surface area contributed by atoms with Crippen molar-refractivity contribution in [2.24, 2.45) is 5.92 Å². The quantitative estimate of drug-likeness (QED) is 0.529. The lowest BCUT2D eigenvalue weighted by Gasteiger charge is -2.31. The number of thiazole rings is 1. The summed E-state index contributed by atoms with van der Waals surface area (Å²) in [6, 6.07) is 16.2. The van der Waals surface area contributed by atoms with Gasteiger partial charge in [0.05, 0.1) is 34.7 Å². The van der Waals surface area contributed by atoms with Crippen LogP contribution >= 0.6 is 11.3 Å². The molecular weight excluding hydrogens is 484 g/mol. The van der Waals surface area contributed by atoms with Gasteiger partial charge in [-0.3, -0.25) is 9.59 Å². The molecule has 3 heterocycles. The minimum atomic E-state index is -0.0972. The van der Waals surface area contributed by atoms with Gasteiger partial charge in [0.25, 0.3) is 11.8 Å². The van der Waals surface area contributed by atoms with Crippen LogP contribution in [0.4, 0.5) is 5.69 Å². The molecule has 2 aromatic carbocycles. The maximum absolute atomic E-state index is 13.9. The van der Waals surface area contributed by atoms with Gasteiger partial charge in [-0.2, -0.15) is 0 Å². The van der Waals surface area contributed by atoms with E-state index < -0.39 is 0 Å². The molecule has 8 heteroatoms. The monoisotopic (exact) mass is 516 g/mol. The first-order chi connectivity index (χ1) is 18.0. The molecule has 0 unspecified atom stereocenters. The largest absolute Gasteiger partial charge is 0.378 e. The molecule has 192 valence electrons. The van der Waals surface area contributed by atoms with Crippen LogP contribution in [0.2, 0.25) is 0 Å². The molecule has 37 heavy (non-hydrogen) atoms. The number of piperidine rings is 1. The molecule has 2 amide bonds. The van der Waals surface area contributed by atoms with Crippen molar-refractivity contribution in [1.29, 1.82) is 0 Å². The molecule has 3 fully saturated rings. The summed E-state index contributed by atoms with van der Waals surface area (Å²) in [6.07, 6.45) is 1.96. The number of aryl methyl sites for hydroxylation is 2. The van der Waals surface area contributed by atoms with Crippen LogP contribution in [0.1, 0.15) is 44.3 Å². The lowest BCUT2D eigenvalue weighted by atomic mass is 10.1. The molecule has 1 saturated carbocycles. The number of fused-ring (bicyclic) bond motifs is 1. The summed E-state index contributed by atoms with van der Waals surface area (Å²) in [7, 11) is 0. The van der Waals surface area contributed by atoms with Crippen LogP contribution < -0.4 is 10.2 Å². The molecule has 3 aromatic rings. The average Bonchev–Trinajstić information content (AvgIpc) is 3.41. The maximum atomic E-state index is 13.9. The molecule has 1 aromatic heterocycles. The van der Waals surface area contributed by atoms with E-state index in [0.717, 1.165) is 52.6 Å². The van der Waals surface area contributed by atoms with Gasteiger partial charge in [-0.15, -0.1) is 11.3 Å². The van der Waals surface area contributed by atoms with Crippen molar-refractivity contribution in [1.82, 2.24) is 15.2 Å². The van der Waals surface area contributed by atoms with E-state index in [9.17, 15) is 9.59 Å². The van der Waals surface area contributed by atoms with Gasteiger partial charge in [-0.05, 0) is 50.3 Å². The Kier molecular flexibility index (Phi) is 6.46. The van der Waals surface area contributed by atoms with Crippen LogP contribution in [0.15, 0.2) is 48.5 Å². The lowest BCUT2D eigenvalue weighted by Crippen LogP contribution is -2.45. The predicted octanol–water partition coefficient (Wildman–Crippen LogP) is 4.30. The second-order valence-corrected chi connectivity index (χ2v) is 11.5. The van der Waals surface area contributed by atoms with E-state index in [-0.39, 0.29) is 23.9 Å². The SMILES string of the molecule is Cc1cccc(-c2sc(C)nc2C(=O)N2[C@H](CNC(=O)c3ccccc3N3CCOCC3)C[C@@H]3C[C@@H]32)c1. The molecule has 2 saturated heterocycles. The number of rotatable bonds is 6. The Bertz CT molecular complexity index is 1330. The van der Waals surface area contributed by atoms with Crippen LogP contribution in [-0.4, -0.2) is 66.6 Å². The van der Waals surface area contributed by atoms with Crippen LogP contribution in [0, 0.1) is 19.8 Å². The Labute approximate surface area is 221 Å². The number of amides is 2. The summed E-state index contributed by atoms with van der Waals surface area (Å²) in [6.45, 7) is 7.33. The fourth-order valence-electron chi connectivity index (χ4n) is 5.79. The van der Waals surface area contributed by atoms with Gasteiger partial charge >= 0.3 is 0 Å². The van der Waals surface area contributed by atoms with Crippen LogP contribution in [-0.2, 0) is 4.74 Å². The second kappa shape index (κ2) is 9.91. The highest BCUT2D eigenvalue weighted by Crippen LogP contribution is 2.49. The van der Waals surface area contributed by atoms with Crippen molar-refractivity contribution in [2.75, 3.05) is 37.7 Å². The van der Waals surface area contributed by atoms with Crippen LogP contribution in [0.25, 0.3) is 10.4 Å². The highest BCUT2D eigenvalue weighted by molar-refractivity contribution is 7.15.